The molecule has 1 fully saturated rings. The van der Waals surface area contributed by atoms with Crippen LogP contribution >= 0.6 is 0 Å². The molecule has 0 aromatic rings. The van der Waals surface area contributed by atoms with Crippen molar-refractivity contribution in [2.75, 3.05) is 0 Å². The van der Waals surface area contributed by atoms with Crippen LogP contribution in [0.15, 0.2) is 35.5 Å². The van der Waals surface area contributed by atoms with Crippen LogP contribution in [0.5, 0.6) is 0 Å². The SMILES string of the molecule is CCC1=CC=C/C1=C/C1CCC(CC)C1. The van der Waals surface area contributed by atoms with E-state index in [2.05, 4.69) is 38.2 Å². The predicted octanol–water partition coefficient (Wildman–Crippen LogP) is 4.65. The molecule has 0 nitrogen and oxygen atoms in total. The maximum atomic E-state index is 2.52. The molecule has 1 saturated carbocycles. The highest BCUT2D eigenvalue weighted by Crippen LogP contribution is 2.35. The molecule has 15 heavy (non-hydrogen) atoms. The Kier molecular flexibility index (Phi) is 3.45. The number of allylic oxidation sites excluding steroid dienone is 6. The van der Waals surface area contributed by atoms with E-state index in [1.165, 1.54) is 43.3 Å². The van der Waals surface area contributed by atoms with E-state index in [-0.39, 0.29) is 0 Å². The first-order valence-electron chi connectivity index (χ1n) is 6.43. The molecule has 0 heteroatoms. The minimum atomic E-state index is 0.850. The molecule has 2 aliphatic rings. The topological polar surface area (TPSA) is 0 Å². The van der Waals surface area contributed by atoms with E-state index in [4.69, 9.17) is 0 Å². The third kappa shape index (κ3) is 2.42. The standard InChI is InChI=1S/C15H22/c1-3-12-8-9-13(10-12)11-15-7-5-6-14(15)4-2/h5-7,11-13H,3-4,8-10H2,1-2H3/b15-11-. The summed E-state index contributed by atoms with van der Waals surface area (Å²) in [4.78, 5) is 0. The van der Waals surface area contributed by atoms with Crippen molar-refractivity contribution in [3.63, 3.8) is 0 Å². The van der Waals surface area contributed by atoms with Crippen LogP contribution in [0, 0.1) is 11.8 Å². The van der Waals surface area contributed by atoms with Gasteiger partial charge in [0.1, 0.15) is 0 Å². The van der Waals surface area contributed by atoms with Gasteiger partial charge >= 0.3 is 0 Å². The molecule has 0 spiro atoms. The van der Waals surface area contributed by atoms with Crippen molar-refractivity contribution in [2.24, 2.45) is 11.8 Å². The number of hydrogen-bond donors (Lipinski definition) is 0. The van der Waals surface area contributed by atoms with Gasteiger partial charge in [-0.15, -0.1) is 0 Å². The van der Waals surface area contributed by atoms with E-state index < -0.39 is 0 Å². The summed E-state index contributed by atoms with van der Waals surface area (Å²) < 4.78 is 0. The molecule has 82 valence electrons. The summed E-state index contributed by atoms with van der Waals surface area (Å²) in [6, 6.07) is 0. The highest BCUT2D eigenvalue weighted by Gasteiger charge is 2.22. The molecule has 2 aliphatic carbocycles. The monoisotopic (exact) mass is 202 g/mol. The predicted molar refractivity (Wildman–Crippen MR) is 66.7 cm³/mol. The molecule has 0 aromatic carbocycles. The quantitative estimate of drug-likeness (QED) is 0.625. The Balaban J connectivity index is 1.99. The van der Waals surface area contributed by atoms with Crippen molar-refractivity contribution in [2.45, 2.75) is 46.0 Å². The minimum Gasteiger partial charge on any atom is -0.0739 e. The fraction of sp³-hybridized carbons (Fsp3) is 0.600. The van der Waals surface area contributed by atoms with Crippen molar-refractivity contribution in [1.29, 1.82) is 0 Å². The molecular weight excluding hydrogens is 180 g/mol. The van der Waals surface area contributed by atoms with E-state index in [0.717, 1.165) is 11.8 Å². The molecule has 2 unspecified atom stereocenters. The zero-order valence-electron chi connectivity index (χ0n) is 10.00. The van der Waals surface area contributed by atoms with Gasteiger partial charge in [0.2, 0.25) is 0 Å². The Labute approximate surface area is 93.8 Å². The maximum Gasteiger partial charge on any atom is -0.0222 e. The molecule has 0 N–H and O–H groups in total. The largest absolute Gasteiger partial charge is 0.0739 e. The molecule has 0 aromatic heterocycles. The van der Waals surface area contributed by atoms with Crippen LogP contribution in [0.25, 0.3) is 0 Å². The molecular formula is C15H22. The smallest absolute Gasteiger partial charge is 0.0222 e. The van der Waals surface area contributed by atoms with E-state index >= 15 is 0 Å². The summed E-state index contributed by atoms with van der Waals surface area (Å²) in [5, 5.41) is 0. The summed E-state index contributed by atoms with van der Waals surface area (Å²) in [5.41, 5.74) is 3.02. The van der Waals surface area contributed by atoms with Crippen LogP contribution in [0.4, 0.5) is 0 Å². The summed E-state index contributed by atoms with van der Waals surface area (Å²) in [6.07, 6.45) is 16.1. The molecule has 0 amide bonds. The Bertz CT molecular complexity index is 304. The highest BCUT2D eigenvalue weighted by atomic mass is 14.3. The fourth-order valence-corrected chi connectivity index (χ4v) is 2.85. The lowest BCUT2D eigenvalue weighted by Crippen LogP contribution is -1.94. The highest BCUT2D eigenvalue weighted by molar-refractivity contribution is 5.48. The lowest BCUT2D eigenvalue weighted by molar-refractivity contribution is 0.515. The van der Waals surface area contributed by atoms with E-state index in [1.54, 1.807) is 0 Å². The average molecular weight is 202 g/mol. The first-order chi connectivity index (χ1) is 7.33. The molecule has 0 radical (unpaired) electrons. The zero-order valence-corrected chi connectivity index (χ0v) is 10.00. The van der Waals surface area contributed by atoms with Crippen LogP contribution in [0.2, 0.25) is 0 Å². The van der Waals surface area contributed by atoms with Crippen LogP contribution in [-0.2, 0) is 0 Å². The van der Waals surface area contributed by atoms with Crippen LogP contribution in [0.1, 0.15) is 46.0 Å². The van der Waals surface area contributed by atoms with Crippen LogP contribution in [-0.4, -0.2) is 0 Å². The van der Waals surface area contributed by atoms with Crippen molar-refractivity contribution < 1.29 is 0 Å². The van der Waals surface area contributed by atoms with Gasteiger partial charge in [-0.05, 0) is 48.7 Å². The van der Waals surface area contributed by atoms with Crippen LogP contribution in [0.3, 0.4) is 0 Å². The number of rotatable bonds is 3. The first-order valence-corrected chi connectivity index (χ1v) is 6.43. The van der Waals surface area contributed by atoms with E-state index in [0.29, 0.717) is 0 Å². The normalized spacial score (nSPS) is 32.7. The van der Waals surface area contributed by atoms with Gasteiger partial charge in [0.05, 0.1) is 0 Å². The van der Waals surface area contributed by atoms with Crippen molar-refractivity contribution in [3.8, 4) is 0 Å². The minimum absolute atomic E-state index is 0.850. The Morgan fingerprint density at radius 1 is 1.33 bits per heavy atom. The van der Waals surface area contributed by atoms with Gasteiger partial charge in [-0.3, -0.25) is 0 Å². The average Bonchev–Trinajstić information content (AvgIpc) is 2.87. The summed E-state index contributed by atoms with van der Waals surface area (Å²) >= 11 is 0. The van der Waals surface area contributed by atoms with Gasteiger partial charge in [0.15, 0.2) is 0 Å². The Morgan fingerprint density at radius 2 is 2.20 bits per heavy atom. The second-order valence-corrected chi connectivity index (χ2v) is 4.87. The van der Waals surface area contributed by atoms with Gasteiger partial charge in [-0.2, -0.15) is 0 Å². The fourth-order valence-electron chi connectivity index (χ4n) is 2.85. The Morgan fingerprint density at radius 3 is 2.87 bits per heavy atom. The number of hydrogen-bond acceptors (Lipinski definition) is 0. The van der Waals surface area contributed by atoms with Gasteiger partial charge in [-0.1, -0.05) is 44.6 Å². The van der Waals surface area contributed by atoms with Gasteiger partial charge in [0.25, 0.3) is 0 Å². The van der Waals surface area contributed by atoms with Gasteiger partial charge < -0.3 is 0 Å². The lowest BCUT2D eigenvalue weighted by atomic mass is 9.98. The second-order valence-electron chi connectivity index (χ2n) is 4.87. The summed E-state index contributed by atoms with van der Waals surface area (Å²) in [7, 11) is 0. The molecule has 0 bridgehead atoms. The molecule has 0 saturated heterocycles. The molecule has 2 rings (SSSR count). The van der Waals surface area contributed by atoms with E-state index in [9.17, 15) is 0 Å². The lowest BCUT2D eigenvalue weighted by Gasteiger charge is -2.08. The van der Waals surface area contributed by atoms with Crippen molar-refractivity contribution in [3.05, 3.63) is 35.5 Å². The summed E-state index contributed by atoms with van der Waals surface area (Å²) in [5.74, 6) is 1.84. The van der Waals surface area contributed by atoms with Crippen molar-refractivity contribution in [1.82, 2.24) is 0 Å². The van der Waals surface area contributed by atoms with Crippen molar-refractivity contribution >= 4 is 0 Å². The second kappa shape index (κ2) is 4.83. The first kappa shape index (κ1) is 10.7. The zero-order chi connectivity index (χ0) is 10.7. The van der Waals surface area contributed by atoms with E-state index in [1.807, 2.05) is 0 Å². The molecule has 0 heterocycles. The third-order valence-electron chi connectivity index (χ3n) is 3.90. The third-order valence-corrected chi connectivity index (χ3v) is 3.90. The maximum absolute atomic E-state index is 2.52. The van der Waals surface area contributed by atoms with Gasteiger partial charge in [0, 0.05) is 0 Å². The summed E-state index contributed by atoms with van der Waals surface area (Å²) in [6.45, 7) is 4.57. The molecule has 2 atom stereocenters. The van der Waals surface area contributed by atoms with Gasteiger partial charge in [-0.25, -0.2) is 0 Å². The Hall–Kier alpha value is -0.780. The van der Waals surface area contributed by atoms with Crippen LogP contribution < -0.4 is 0 Å². The molecule has 0 aliphatic heterocycles.